The lowest BCUT2D eigenvalue weighted by Crippen LogP contribution is -2.46. The normalized spacial score (nSPS) is 24.2. The molecule has 0 amide bonds. The molecule has 1 aliphatic rings. The average molecular weight is 279 g/mol. The average Bonchev–Trinajstić information content (AvgIpc) is 2.87. The highest BCUT2D eigenvalue weighted by Crippen LogP contribution is 2.27. The van der Waals surface area contributed by atoms with E-state index in [9.17, 15) is 9.90 Å². The van der Waals surface area contributed by atoms with Crippen molar-refractivity contribution in [3.8, 4) is 0 Å². The van der Waals surface area contributed by atoms with Gasteiger partial charge in [-0.3, -0.25) is 9.69 Å². The summed E-state index contributed by atoms with van der Waals surface area (Å²) in [4.78, 5) is 17.8. The number of carboxylic acid groups (broad SMARTS) is 1. The number of carboxylic acids is 1. The van der Waals surface area contributed by atoms with Crippen LogP contribution in [0.4, 0.5) is 0 Å². The van der Waals surface area contributed by atoms with Crippen molar-refractivity contribution in [1.82, 2.24) is 14.5 Å². The van der Waals surface area contributed by atoms with Crippen LogP contribution in [0.2, 0.25) is 0 Å². The Balaban J connectivity index is 2.10. The van der Waals surface area contributed by atoms with Crippen molar-refractivity contribution in [2.45, 2.75) is 58.7 Å². The molecule has 5 nitrogen and oxygen atoms in total. The standard InChI is InChI=1S/C15H25N3O2/c1-4-12-5-6-17(14(7-12)15(19)20)9-13-8-16-10-18(13)11(2)3/h8,10-12,14H,4-7,9H2,1-3H3,(H,19,20). The van der Waals surface area contributed by atoms with Gasteiger partial charge in [-0.05, 0) is 39.2 Å². The maximum atomic E-state index is 11.5. The Morgan fingerprint density at radius 2 is 2.30 bits per heavy atom. The van der Waals surface area contributed by atoms with Crippen LogP contribution in [-0.4, -0.2) is 38.1 Å². The fourth-order valence-corrected chi connectivity index (χ4v) is 3.03. The van der Waals surface area contributed by atoms with E-state index >= 15 is 0 Å². The van der Waals surface area contributed by atoms with Gasteiger partial charge in [0.15, 0.2) is 0 Å². The summed E-state index contributed by atoms with van der Waals surface area (Å²) in [5.41, 5.74) is 1.10. The minimum Gasteiger partial charge on any atom is -0.480 e. The van der Waals surface area contributed by atoms with Gasteiger partial charge in [0.05, 0.1) is 12.0 Å². The quantitative estimate of drug-likeness (QED) is 0.900. The van der Waals surface area contributed by atoms with Gasteiger partial charge in [0.25, 0.3) is 0 Å². The van der Waals surface area contributed by atoms with Crippen LogP contribution in [0.15, 0.2) is 12.5 Å². The highest BCUT2D eigenvalue weighted by atomic mass is 16.4. The summed E-state index contributed by atoms with van der Waals surface area (Å²) in [6, 6.07) is -0.00632. The Bertz CT molecular complexity index is 456. The van der Waals surface area contributed by atoms with E-state index in [0.29, 0.717) is 18.5 Å². The molecule has 0 aliphatic carbocycles. The fraction of sp³-hybridized carbons (Fsp3) is 0.733. The second-order valence-electron chi connectivity index (χ2n) is 6.01. The van der Waals surface area contributed by atoms with Gasteiger partial charge in [-0.1, -0.05) is 13.3 Å². The Labute approximate surface area is 120 Å². The Morgan fingerprint density at radius 1 is 1.55 bits per heavy atom. The molecule has 1 N–H and O–H groups in total. The molecule has 0 aromatic carbocycles. The fourth-order valence-electron chi connectivity index (χ4n) is 3.03. The summed E-state index contributed by atoms with van der Waals surface area (Å²) in [5, 5.41) is 9.46. The summed E-state index contributed by atoms with van der Waals surface area (Å²) in [5.74, 6) is -0.152. The first kappa shape index (κ1) is 15.0. The SMILES string of the molecule is CCC1CCN(Cc2cncn2C(C)C)C(C(=O)O)C1. The summed E-state index contributed by atoms with van der Waals surface area (Å²) >= 11 is 0. The highest BCUT2D eigenvalue weighted by Gasteiger charge is 2.33. The number of hydrogen-bond acceptors (Lipinski definition) is 3. The highest BCUT2D eigenvalue weighted by molar-refractivity contribution is 5.73. The zero-order valence-electron chi connectivity index (χ0n) is 12.6. The van der Waals surface area contributed by atoms with Crippen molar-refractivity contribution < 1.29 is 9.90 Å². The van der Waals surface area contributed by atoms with Gasteiger partial charge >= 0.3 is 5.97 Å². The first-order valence-electron chi connectivity index (χ1n) is 7.50. The molecule has 1 aromatic rings. The van der Waals surface area contributed by atoms with Gasteiger partial charge < -0.3 is 9.67 Å². The van der Waals surface area contributed by atoms with Gasteiger partial charge in [-0.25, -0.2) is 4.98 Å². The monoisotopic (exact) mass is 279 g/mol. The first-order valence-corrected chi connectivity index (χ1v) is 7.50. The van der Waals surface area contributed by atoms with Crippen LogP contribution < -0.4 is 0 Å². The van der Waals surface area contributed by atoms with Gasteiger partial charge in [0, 0.05) is 18.8 Å². The first-order chi connectivity index (χ1) is 9.52. The summed E-state index contributed by atoms with van der Waals surface area (Å²) in [7, 11) is 0. The lowest BCUT2D eigenvalue weighted by atomic mass is 9.89. The predicted molar refractivity (Wildman–Crippen MR) is 77.5 cm³/mol. The van der Waals surface area contributed by atoms with E-state index in [1.807, 2.05) is 12.5 Å². The third-order valence-electron chi connectivity index (χ3n) is 4.35. The van der Waals surface area contributed by atoms with Crippen molar-refractivity contribution in [2.24, 2.45) is 5.92 Å². The maximum absolute atomic E-state index is 11.5. The molecular weight excluding hydrogens is 254 g/mol. The van der Waals surface area contributed by atoms with Crippen LogP contribution in [0.5, 0.6) is 0 Å². The van der Waals surface area contributed by atoms with Crippen LogP contribution in [0.3, 0.4) is 0 Å². The van der Waals surface area contributed by atoms with Gasteiger partial charge in [0.1, 0.15) is 6.04 Å². The molecule has 0 radical (unpaired) electrons. The number of imidazole rings is 1. The smallest absolute Gasteiger partial charge is 0.320 e. The number of rotatable bonds is 5. The summed E-state index contributed by atoms with van der Waals surface area (Å²) < 4.78 is 2.12. The summed E-state index contributed by atoms with van der Waals surface area (Å²) in [6.45, 7) is 7.91. The van der Waals surface area contributed by atoms with E-state index < -0.39 is 5.97 Å². The largest absolute Gasteiger partial charge is 0.480 e. The van der Waals surface area contributed by atoms with Crippen LogP contribution in [0.25, 0.3) is 0 Å². The maximum Gasteiger partial charge on any atom is 0.320 e. The third-order valence-corrected chi connectivity index (χ3v) is 4.35. The molecule has 1 aromatic heterocycles. The number of likely N-dealkylation sites (tertiary alicyclic amines) is 1. The van der Waals surface area contributed by atoms with Crippen molar-refractivity contribution in [3.05, 3.63) is 18.2 Å². The van der Waals surface area contributed by atoms with Crippen LogP contribution in [0.1, 0.15) is 51.8 Å². The molecule has 0 spiro atoms. The Morgan fingerprint density at radius 3 is 2.90 bits per heavy atom. The molecule has 2 heterocycles. The molecule has 2 unspecified atom stereocenters. The topological polar surface area (TPSA) is 58.4 Å². The van der Waals surface area contributed by atoms with Gasteiger partial charge in [-0.15, -0.1) is 0 Å². The lowest BCUT2D eigenvalue weighted by molar-refractivity contribution is -0.145. The molecule has 20 heavy (non-hydrogen) atoms. The van der Waals surface area contributed by atoms with E-state index in [1.165, 1.54) is 0 Å². The molecule has 0 saturated carbocycles. The van der Waals surface area contributed by atoms with Crippen LogP contribution in [-0.2, 0) is 11.3 Å². The van der Waals surface area contributed by atoms with Crippen LogP contribution in [0, 0.1) is 5.92 Å². The predicted octanol–water partition coefficient (Wildman–Crippen LogP) is 2.54. The number of piperidine rings is 1. The third kappa shape index (κ3) is 3.20. The minimum atomic E-state index is -0.696. The number of hydrogen-bond donors (Lipinski definition) is 1. The molecule has 2 rings (SSSR count). The number of aliphatic carboxylic acids is 1. The Hall–Kier alpha value is -1.36. The van der Waals surface area contributed by atoms with Crippen LogP contribution >= 0.6 is 0 Å². The minimum absolute atomic E-state index is 0.351. The van der Waals surface area contributed by atoms with Gasteiger partial charge in [0.2, 0.25) is 0 Å². The second-order valence-corrected chi connectivity index (χ2v) is 6.01. The molecular formula is C15H25N3O2. The molecule has 5 heteroatoms. The molecule has 0 bridgehead atoms. The molecule has 1 fully saturated rings. The second kappa shape index (κ2) is 6.39. The Kier molecular flexibility index (Phi) is 4.81. The summed E-state index contributed by atoms with van der Waals surface area (Å²) in [6.07, 6.45) is 6.61. The molecule has 1 saturated heterocycles. The molecule has 2 atom stereocenters. The van der Waals surface area contributed by atoms with E-state index in [2.05, 4.69) is 35.2 Å². The van der Waals surface area contributed by atoms with Gasteiger partial charge in [-0.2, -0.15) is 0 Å². The number of carbonyl (C=O) groups is 1. The lowest BCUT2D eigenvalue weighted by Gasteiger charge is -2.37. The van der Waals surface area contributed by atoms with Crippen molar-refractivity contribution in [2.75, 3.05) is 6.54 Å². The van der Waals surface area contributed by atoms with E-state index in [0.717, 1.165) is 31.5 Å². The van der Waals surface area contributed by atoms with E-state index in [-0.39, 0.29) is 6.04 Å². The number of aromatic nitrogens is 2. The van der Waals surface area contributed by atoms with Crippen molar-refractivity contribution in [3.63, 3.8) is 0 Å². The van der Waals surface area contributed by atoms with E-state index in [1.54, 1.807) is 0 Å². The zero-order valence-corrected chi connectivity index (χ0v) is 12.6. The molecule has 1 aliphatic heterocycles. The number of nitrogens with zero attached hydrogens (tertiary/aromatic N) is 3. The van der Waals surface area contributed by atoms with Crippen molar-refractivity contribution >= 4 is 5.97 Å². The zero-order chi connectivity index (χ0) is 14.7. The van der Waals surface area contributed by atoms with E-state index in [4.69, 9.17) is 0 Å². The van der Waals surface area contributed by atoms with Crippen molar-refractivity contribution in [1.29, 1.82) is 0 Å². The molecule has 112 valence electrons.